The first-order valence-electron chi connectivity index (χ1n) is 6.16. The predicted octanol–water partition coefficient (Wildman–Crippen LogP) is 2.40. The van der Waals surface area contributed by atoms with Crippen molar-refractivity contribution in [1.29, 1.82) is 0 Å². The number of aliphatic hydroxyl groups excluding tert-OH is 1. The lowest BCUT2D eigenvalue weighted by Gasteiger charge is -2.52. The van der Waals surface area contributed by atoms with E-state index in [0.29, 0.717) is 24.0 Å². The van der Waals surface area contributed by atoms with E-state index >= 15 is 0 Å². The summed E-state index contributed by atoms with van der Waals surface area (Å²) in [6.45, 7) is 6.60. The van der Waals surface area contributed by atoms with Crippen molar-refractivity contribution in [1.82, 2.24) is 0 Å². The summed E-state index contributed by atoms with van der Waals surface area (Å²) >= 11 is 0. The van der Waals surface area contributed by atoms with Crippen LogP contribution in [0.4, 0.5) is 0 Å². The molecule has 2 rings (SSSR count). The zero-order valence-corrected chi connectivity index (χ0v) is 9.99. The number of aliphatic hydroxyl groups is 1. The third-order valence-corrected chi connectivity index (χ3v) is 5.25. The molecule has 15 heavy (non-hydrogen) atoms. The van der Waals surface area contributed by atoms with Crippen LogP contribution in [0.2, 0.25) is 0 Å². The van der Waals surface area contributed by atoms with Crippen LogP contribution in [0.1, 0.15) is 46.5 Å². The average molecular weight is 210 g/mol. The minimum atomic E-state index is -0.170. The molecule has 0 spiro atoms. The first-order valence-corrected chi connectivity index (χ1v) is 6.16. The monoisotopic (exact) mass is 210 g/mol. The molecular weight excluding hydrogens is 188 g/mol. The molecule has 2 heteroatoms. The lowest BCUT2D eigenvalue weighted by molar-refractivity contribution is -0.139. The van der Waals surface area contributed by atoms with Gasteiger partial charge in [0.1, 0.15) is 5.78 Å². The molecule has 0 aliphatic heterocycles. The van der Waals surface area contributed by atoms with Crippen LogP contribution in [-0.4, -0.2) is 17.0 Å². The number of carbonyl (C=O) groups excluding carboxylic acids is 1. The highest BCUT2D eigenvalue weighted by molar-refractivity contribution is 5.82. The van der Waals surface area contributed by atoms with Crippen LogP contribution in [-0.2, 0) is 4.79 Å². The van der Waals surface area contributed by atoms with Gasteiger partial charge >= 0.3 is 0 Å². The van der Waals surface area contributed by atoms with E-state index in [2.05, 4.69) is 20.8 Å². The van der Waals surface area contributed by atoms with Crippen molar-refractivity contribution in [3.63, 3.8) is 0 Å². The van der Waals surface area contributed by atoms with Gasteiger partial charge in [-0.1, -0.05) is 20.8 Å². The summed E-state index contributed by atoms with van der Waals surface area (Å²) in [6, 6.07) is 0. The highest BCUT2D eigenvalue weighted by atomic mass is 16.3. The van der Waals surface area contributed by atoms with Crippen LogP contribution in [0.25, 0.3) is 0 Å². The van der Waals surface area contributed by atoms with Gasteiger partial charge in [0.05, 0.1) is 6.10 Å². The van der Waals surface area contributed by atoms with Crippen LogP contribution in [0.5, 0.6) is 0 Å². The molecule has 1 N–H and O–H groups in total. The van der Waals surface area contributed by atoms with Crippen molar-refractivity contribution in [2.45, 2.75) is 52.6 Å². The number of ketones is 1. The fourth-order valence-electron chi connectivity index (χ4n) is 3.59. The van der Waals surface area contributed by atoms with Crippen molar-refractivity contribution in [3.05, 3.63) is 0 Å². The number of fused-ring (bicyclic) bond motifs is 1. The van der Waals surface area contributed by atoms with Gasteiger partial charge in [-0.05, 0) is 36.5 Å². The minimum Gasteiger partial charge on any atom is -0.393 e. The number of Topliss-reactive ketones (excluding diaryl/α,β-unsaturated/α-hetero) is 1. The van der Waals surface area contributed by atoms with Crippen molar-refractivity contribution in [2.24, 2.45) is 23.2 Å². The number of hydrogen-bond acceptors (Lipinski definition) is 2. The highest BCUT2D eigenvalue weighted by Crippen LogP contribution is 2.53. The zero-order valence-electron chi connectivity index (χ0n) is 9.99. The number of rotatable bonds is 0. The molecule has 0 amide bonds. The van der Waals surface area contributed by atoms with E-state index in [1.807, 2.05) is 0 Å². The average Bonchev–Trinajstić information content (AvgIpc) is 2.19. The van der Waals surface area contributed by atoms with Gasteiger partial charge in [-0.3, -0.25) is 4.79 Å². The first-order chi connectivity index (χ1) is 6.95. The molecule has 2 aliphatic carbocycles. The molecule has 1 unspecified atom stereocenters. The zero-order chi connectivity index (χ0) is 11.2. The Balaban J connectivity index is 2.24. The topological polar surface area (TPSA) is 37.3 Å². The molecule has 2 fully saturated rings. The maximum absolute atomic E-state index is 11.8. The lowest BCUT2D eigenvalue weighted by atomic mass is 9.53. The molecule has 2 nitrogen and oxygen atoms in total. The van der Waals surface area contributed by atoms with Crippen molar-refractivity contribution in [3.8, 4) is 0 Å². The van der Waals surface area contributed by atoms with Gasteiger partial charge in [0.25, 0.3) is 0 Å². The van der Waals surface area contributed by atoms with Gasteiger partial charge in [0, 0.05) is 12.3 Å². The molecule has 0 heterocycles. The van der Waals surface area contributed by atoms with E-state index in [-0.39, 0.29) is 17.4 Å². The predicted molar refractivity (Wildman–Crippen MR) is 59.4 cm³/mol. The summed E-state index contributed by atoms with van der Waals surface area (Å²) in [5.41, 5.74) is 0.284. The number of carbonyl (C=O) groups is 1. The summed E-state index contributed by atoms with van der Waals surface area (Å²) in [4.78, 5) is 11.8. The Morgan fingerprint density at radius 3 is 2.73 bits per heavy atom. The fraction of sp³-hybridized carbons (Fsp3) is 0.923. The van der Waals surface area contributed by atoms with E-state index in [4.69, 9.17) is 0 Å². The molecule has 0 aromatic heterocycles. The second-order valence-electron chi connectivity index (χ2n) is 5.88. The van der Waals surface area contributed by atoms with Crippen molar-refractivity contribution >= 4 is 5.78 Å². The molecule has 5 atom stereocenters. The summed E-state index contributed by atoms with van der Waals surface area (Å²) in [5.74, 6) is 1.50. The largest absolute Gasteiger partial charge is 0.393 e. The second kappa shape index (κ2) is 3.58. The Morgan fingerprint density at radius 1 is 1.40 bits per heavy atom. The molecule has 0 saturated heterocycles. The number of hydrogen-bond donors (Lipinski definition) is 1. The lowest BCUT2D eigenvalue weighted by Crippen LogP contribution is -2.49. The summed E-state index contributed by atoms with van der Waals surface area (Å²) in [5, 5.41) is 9.69. The molecule has 86 valence electrons. The molecule has 0 bridgehead atoms. The van der Waals surface area contributed by atoms with Gasteiger partial charge in [-0.2, -0.15) is 0 Å². The van der Waals surface area contributed by atoms with Crippen LogP contribution in [0.15, 0.2) is 0 Å². The van der Waals surface area contributed by atoms with Crippen LogP contribution in [0, 0.1) is 23.2 Å². The Morgan fingerprint density at radius 2 is 2.07 bits per heavy atom. The van der Waals surface area contributed by atoms with Gasteiger partial charge in [0.15, 0.2) is 0 Å². The highest BCUT2D eigenvalue weighted by Gasteiger charge is 2.50. The van der Waals surface area contributed by atoms with Crippen molar-refractivity contribution in [2.75, 3.05) is 0 Å². The van der Waals surface area contributed by atoms with E-state index < -0.39 is 0 Å². The second-order valence-corrected chi connectivity index (χ2v) is 5.88. The van der Waals surface area contributed by atoms with Gasteiger partial charge in [-0.25, -0.2) is 0 Å². The maximum Gasteiger partial charge on any atom is 0.136 e. The summed E-state index contributed by atoms with van der Waals surface area (Å²) in [7, 11) is 0. The smallest absolute Gasteiger partial charge is 0.136 e. The van der Waals surface area contributed by atoms with Crippen LogP contribution >= 0.6 is 0 Å². The third-order valence-electron chi connectivity index (χ3n) is 5.25. The Bertz CT molecular complexity index is 274. The molecular formula is C13H22O2. The maximum atomic E-state index is 11.8. The van der Waals surface area contributed by atoms with Gasteiger partial charge in [0.2, 0.25) is 0 Å². The Hall–Kier alpha value is -0.370. The van der Waals surface area contributed by atoms with E-state index in [9.17, 15) is 9.90 Å². The van der Waals surface area contributed by atoms with Gasteiger partial charge in [-0.15, -0.1) is 0 Å². The van der Waals surface area contributed by atoms with Crippen LogP contribution < -0.4 is 0 Å². The normalized spacial score (nSPS) is 51.3. The quantitative estimate of drug-likeness (QED) is 0.666. The molecule has 0 aromatic carbocycles. The summed E-state index contributed by atoms with van der Waals surface area (Å²) in [6.07, 6.45) is 3.35. The Labute approximate surface area is 92.1 Å². The third kappa shape index (κ3) is 1.63. The SMILES string of the molecule is CC1C(=O)C[C@@H]2C[C@H](O)CC[C@]2(C)[C@H]1C. The van der Waals surface area contributed by atoms with Gasteiger partial charge < -0.3 is 5.11 Å². The first kappa shape index (κ1) is 11.1. The van der Waals surface area contributed by atoms with E-state index in [1.54, 1.807) is 0 Å². The molecule has 0 aromatic rings. The van der Waals surface area contributed by atoms with E-state index in [0.717, 1.165) is 19.3 Å². The van der Waals surface area contributed by atoms with E-state index in [1.165, 1.54) is 0 Å². The standard InChI is InChI=1S/C13H22O2/c1-8-9(2)13(3)5-4-11(14)6-10(13)7-12(8)15/h8-11,14H,4-7H2,1-3H3/t8?,9-,10-,11+,13+/m0/s1. The molecule has 0 radical (unpaired) electrons. The molecule has 2 saturated carbocycles. The fourth-order valence-corrected chi connectivity index (χ4v) is 3.59. The van der Waals surface area contributed by atoms with Crippen LogP contribution in [0.3, 0.4) is 0 Å². The summed E-state index contributed by atoms with van der Waals surface area (Å²) < 4.78 is 0. The Kier molecular flexibility index (Phi) is 2.66. The van der Waals surface area contributed by atoms with Crippen molar-refractivity contribution < 1.29 is 9.90 Å². The minimum absolute atomic E-state index is 0.170. The molecule has 2 aliphatic rings.